The van der Waals surface area contributed by atoms with E-state index in [-0.39, 0.29) is 5.57 Å². The van der Waals surface area contributed by atoms with Gasteiger partial charge in [0.05, 0.1) is 8.47 Å². The maximum absolute atomic E-state index is 8.59. The lowest BCUT2D eigenvalue weighted by atomic mass is 10.3. The summed E-state index contributed by atoms with van der Waals surface area (Å²) in [6.45, 7) is 0. The van der Waals surface area contributed by atoms with Gasteiger partial charge in [0.2, 0.25) is 0 Å². The molecule has 2 rings (SSSR count). The molecule has 6 heteroatoms. The molecule has 0 aliphatic carbocycles. The van der Waals surface area contributed by atoms with Crippen molar-refractivity contribution in [2.75, 3.05) is 0 Å². The summed E-state index contributed by atoms with van der Waals surface area (Å²) in [7, 11) is 0. The molecule has 0 bridgehead atoms. The fraction of sp³-hybridized carbons (Fsp3) is 0. The molecule has 2 heterocycles. The number of nitriles is 2. The Hall–Kier alpha value is -0.920. The number of hydrogen-bond donors (Lipinski definition) is 0. The van der Waals surface area contributed by atoms with Gasteiger partial charge < -0.3 is 0 Å². The first kappa shape index (κ1) is 13.5. The third-order valence-electron chi connectivity index (χ3n) is 1.83. The van der Waals surface area contributed by atoms with Crippen molar-refractivity contribution in [1.29, 1.82) is 10.5 Å². The number of hydrogen-bond acceptors (Lipinski definition) is 6. The third-order valence-corrected chi connectivity index (χ3v) is 6.83. The Morgan fingerprint density at radius 2 is 1.78 bits per heavy atom. The average molecular weight is 306 g/mol. The fourth-order valence-electron chi connectivity index (χ4n) is 1.07. The minimum absolute atomic E-state index is 0.118. The summed E-state index contributed by atoms with van der Waals surface area (Å²) in [5.74, 6) is 0. The zero-order chi connectivity index (χ0) is 12.8. The second-order valence-corrected chi connectivity index (χ2v) is 7.30. The highest BCUT2D eigenvalue weighted by molar-refractivity contribution is 8.33. The predicted molar refractivity (Wildman–Crippen MR) is 83.1 cm³/mol. The van der Waals surface area contributed by atoms with Crippen molar-refractivity contribution in [3.63, 3.8) is 0 Å². The van der Waals surface area contributed by atoms with Gasteiger partial charge in [0, 0.05) is 4.91 Å². The molecule has 0 atom stereocenters. The van der Waals surface area contributed by atoms with Gasteiger partial charge >= 0.3 is 0 Å². The third kappa shape index (κ3) is 3.54. The zero-order valence-corrected chi connectivity index (χ0v) is 12.3. The summed E-state index contributed by atoms with van der Waals surface area (Å²) in [5, 5.41) is 23.4. The molecule has 2 aliphatic heterocycles. The second-order valence-electron chi connectivity index (χ2n) is 2.99. The van der Waals surface area contributed by atoms with Crippen LogP contribution in [0.4, 0.5) is 0 Å². The molecule has 0 aromatic carbocycles. The highest BCUT2D eigenvalue weighted by Gasteiger charge is 2.16. The molecule has 88 valence electrons. The summed E-state index contributed by atoms with van der Waals surface area (Å²) in [4.78, 5) is 1.13. The van der Waals surface area contributed by atoms with Crippen LogP contribution in [0.5, 0.6) is 0 Å². The van der Waals surface area contributed by atoms with Crippen LogP contribution in [0.3, 0.4) is 0 Å². The van der Waals surface area contributed by atoms with E-state index in [2.05, 4.69) is 16.2 Å². The Bertz CT molecular complexity index is 556. The van der Waals surface area contributed by atoms with E-state index < -0.39 is 0 Å². The van der Waals surface area contributed by atoms with Gasteiger partial charge in [-0.15, -0.1) is 0 Å². The van der Waals surface area contributed by atoms with E-state index in [0.29, 0.717) is 0 Å². The van der Waals surface area contributed by atoms with E-state index in [1.54, 1.807) is 53.1 Å². The van der Waals surface area contributed by atoms with Crippen molar-refractivity contribution >= 4 is 47.0 Å². The molecule has 18 heavy (non-hydrogen) atoms. The lowest BCUT2D eigenvalue weighted by Crippen LogP contribution is -1.69. The molecule has 0 aromatic rings. The van der Waals surface area contributed by atoms with Crippen molar-refractivity contribution in [3.8, 4) is 12.1 Å². The van der Waals surface area contributed by atoms with E-state index in [9.17, 15) is 0 Å². The quantitative estimate of drug-likeness (QED) is 0.533. The van der Waals surface area contributed by atoms with E-state index >= 15 is 0 Å². The molecule has 0 saturated heterocycles. The van der Waals surface area contributed by atoms with Crippen molar-refractivity contribution in [2.45, 2.75) is 0 Å². The molecule has 0 saturated carbocycles. The minimum atomic E-state index is 0.118. The van der Waals surface area contributed by atoms with E-state index in [1.807, 2.05) is 18.2 Å². The zero-order valence-electron chi connectivity index (χ0n) is 8.99. The number of allylic oxidation sites excluding steroid dienone is 4. The first-order valence-corrected chi connectivity index (χ1v) is 8.25. The fourth-order valence-corrected chi connectivity index (χ4v) is 5.43. The SMILES string of the molecule is N#CC(C#N)=C/C=C/C1=CSC(=C2SC=CS2)S1. The molecular weight excluding hydrogens is 300 g/mol. The smallest absolute Gasteiger partial charge is 0.129 e. The van der Waals surface area contributed by atoms with Crippen LogP contribution in [-0.4, -0.2) is 0 Å². The van der Waals surface area contributed by atoms with E-state index in [0.717, 1.165) is 4.91 Å². The van der Waals surface area contributed by atoms with Crippen LogP contribution < -0.4 is 0 Å². The summed E-state index contributed by atoms with van der Waals surface area (Å²) in [5.41, 5.74) is 0.118. The lowest BCUT2D eigenvalue weighted by molar-refractivity contribution is 1.46. The van der Waals surface area contributed by atoms with Crippen LogP contribution in [0.25, 0.3) is 0 Å². The van der Waals surface area contributed by atoms with Gasteiger partial charge in [-0.2, -0.15) is 10.5 Å². The van der Waals surface area contributed by atoms with Crippen LogP contribution in [0.1, 0.15) is 0 Å². The monoisotopic (exact) mass is 306 g/mol. The minimum Gasteiger partial charge on any atom is -0.192 e. The van der Waals surface area contributed by atoms with Crippen molar-refractivity contribution in [1.82, 2.24) is 0 Å². The van der Waals surface area contributed by atoms with Gasteiger partial charge in [0.1, 0.15) is 17.7 Å². The van der Waals surface area contributed by atoms with Crippen LogP contribution >= 0.6 is 47.0 Å². The molecule has 0 fully saturated rings. The normalized spacial score (nSPS) is 17.8. The molecule has 0 amide bonds. The second kappa shape index (κ2) is 6.86. The van der Waals surface area contributed by atoms with E-state index in [4.69, 9.17) is 10.5 Å². The molecular formula is C12H6N2S4. The Kier molecular flexibility index (Phi) is 5.15. The van der Waals surface area contributed by atoms with Gasteiger partial charge in [-0.1, -0.05) is 53.1 Å². The molecule has 0 aromatic heterocycles. The van der Waals surface area contributed by atoms with Crippen LogP contribution in [0, 0.1) is 22.7 Å². The maximum atomic E-state index is 8.59. The highest BCUT2D eigenvalue weighted by Crippen LogP contribution is 2.53. The topological polar surface area (TPSA) is 47.6 Å². The number of thioether (sulfide) groups is 4. The predicted octanol–water partition coefficient (Wildman–Crippen LogP) is 4.92. The Morgan fingerprint density at radius 1 is 1.06 bits per heavy atom. The first-order valence-electron chi connectivity index (χ1n) is 4.79. The summed E-state index contributed by atoms with van der Waals surface area (Å²) < 4.78 is 2.61. The molecule has 0 unspecified atom stereocenters. The van der Waals surface area contributed by atoms with Gasteiger partial charge in [-0.05, 0) is 28.4 Å². The number of nitrogens with zero attached hydrogens (tertiary/aromatic N) is 2. The highest BCUT2D eigenvalue weighted by atomic mass is 32.2. The van der Waals surface area contributed by atoms with Crippen molar-refractivity contribution in [3.05, 3.63) is 53.4 Å². The Morgan fingerprint density at radius 3 is 2.44 bits per heavy atom. The summed E-state index contributed by atoms with van der Waals surface area (Å²) in [6.07, 6.45) is 5.18. The molecule has 0 radical (unpaired) electrons. The van der Waals surface area contributed by atoms with Crippen LogP contribution in [0.15, 0.2) is 53.4 Å². The van der Waals surface area contributed by atoms with Crippen LogP contribution in [0.2, 0.25) is 0 Å². The van der Waals surface area contributed by atoms with Gasteiger partial charge in [0.25, 0.3) is 0 Å². The Balaban J connectivity index is 1.97. The molecule has 2 aliphatic rings. The standard InChI is InChI=1S/C12H6N2S4/c13-6-9(7-14)2-1-3-10-8-17-12(18-10)11-15-4-5-16-11/h1-5,8H/b3-1+. The van der Waals surface area contributed by atoms with E-state index in [1.165, 1.54) is 14.6 Å². The summed E-state index contributed by atoms with van der Waals surface area (Å²) in [6, 6.07) is 3.65. The molecule has 2 nitrogen and oxygen atoms in total. The Labute approximate surface area is 123 Å². The van der Waals surface area contributed by atoms with Gasteiger partial charge in [-0.3, -0.25) is 0 Å². The maximum Gasteiger partial charge on any atom is 0.129 e. The lowest BCUT2D eigenvalue weighted by Gasteiger charge is -1.99. The first-order chi connectivity index (χ1) is 8.83. The number of rotatable bonds is 2. The van der Waals surface area contributed by atoms with Crippen LogP contribution in [-0.2, 0) is 0 Å². The van der Waals surface area contributed by atoms with Gasteiger partial charge in [0.15, 0.2) is 0 Å². The summed E-state index contributed by atoms with van der Waals surface area (Å²) >= 11 is 6.92. The van der Waals surface area contributed by atoms with Gasteiger partial charge in [-0.25, -0.2) is 0 Å². The molecule has 0 spiro atoms. The largest absolute Gasteiger partial charge is 0.192 e. The molecule has 0 N–H and O–H groups in total. The van der Waals surface area contributed by atoms with Crippen molar-refractivity contribution < 1.29 is 0 Å². The van der Waals surface area contributed by atoms with Crippen molar-refractivity contribution in [2.24, 2.45) is 0 Å². The average Bonchev–Trinajstić information content (AvgIpc) is 3.05.